The maximum Gasteiger partial charge on any atom is 0.220 e. The minimum Gasteiger partial charge on any atom is -0.496 e. The third-order valence-electron chi connectivity index (χ3n) is 4.75. The summed E-state index contributed by atoms with van der Waals surface area (Å²) >= 11 is 0. The summed E-state index contributed by atoms with van der Waals surface area (Å²) in [6, 6.07) is 8.09. The molecule has 1 amide bonds. The predicted molar refractivity (Wildman–Crippen MR) is 101 cm³/mol. The van der Waals surface area contributed by atoms with Gasteiger partial charge in [-0.05, 0) is 36.8 Å². The molecule has 138 valence electrons. The van der Waals surface area contributed by atoms with E-state index < -0.39 is 0 Å². The smallest absolute Gasteiger partial charge is 0.220 e. The Labute approximate surface area is 150 Å². The molecule has 0 aromatic heterocycles. The second kappa shape index (κ2) is 9.91. The van der Waals surface area contributed by atoms with E-state index in [9.17, 15) is 4.79 Å². The van der Waals surface area contributed by atoms with Crippen LogP contribution in [0.1, 0.15) is 24.8 Å². The van der Waals surface area contributed by atoms with Crippen molar-refractivity contribution in [3.05, 3.63) is 29.8 Å². The quantitative estimate of drug-likeness (QED) is 0.607. The van der Waals surface area contributed by atoms with Crippen LogP contribution in [-0.2, 0) is 11.2 Å². The molecule has 0 aliphatic carbocycles. The Morgan fingerprint density at radius 1 is 1.32 bits per heavy atom. The first-order valence-corrected chi connectivity index (χ1v) is 8.96. The standard InChI is InChI=1S/C19H30N4O2/c1-20-18(24)14-15-9-12-23(13-10-15)19(21-2)22-11-8-16-6-4-5-7-17(16)25-3/h4-7,15H,8-14H2,1-3H3,(H,20,24)(H,21,22). The highest BCUT2D eigenvalue weighted by molar-refractivity contribution is 5.80. The Kier molecular flexibility index (Phi) is 7.57. The summed E-state index contributed by atoms with van der Waals surface area (Å²) in [5, 5.41) is 6.16. The lowest BCUT2D eigenvalue weighted by molar-refractivity contribution is -0.121. The molecule has 0 saturated carbocycles. The zero-order valence-corrected chi connectivity index (χ0v) is 15.5. The fraction of sp³-hybridized carbons (Fsp3) is 0.579. The zero-order chi connectivity index (χ0) is 18.1. The van der Waals surface area contributed by atoms with Crippen molar-refractivity contribution in [3.8, 4) is 5.75 Å². The lowest BCUT2D eigenvalue weighted by Crippen LogP contribution is -2.46. The lowest BCUT2D eigenvalue weighted by atomic mass is 9.93. The molecule has 1 aliphatic heterocycles. The predicted octanol–water partition coefficient (Wildman–Crippen LogP) is 1.66. The summed E-state index contributed by atoms with van der Waals surface area (Å²) in [5.41, 5.74) is 1.19. The Balaban J connectivity index is 1.78. The highest BCUT2D eigenvalue weighted by Crippen LogP contribution is 2.20. The van der Waals surface area contributed by atoms with Gasteiger partial charge in [0.15, 0.2) is 5.96 Å². The van der Waals surface area contributed by atoms with Crippen LogP contribution in [0.4, 0.5) is 0 Å². The van der Waals surface area contributed by atoms with E-state index in [-0.39, 0.29) is 5.91 Å². The van der Waals surface area contributed by atoms with Gasteiger partial charge >= 0.3 is 0 Å². The van der Waals surface area contributed by atoms with Crippen LogP contribution in [0.15, 0.2) is 29.3 Å². The fourth-order valence-electron chi connectivity index (χ4n) is 3.26. The number of amides is 1. The number of rotatable bonds is 6. The third-order valence-corrected chi connectivity index (χ3v) is 4.75. The number of hydrogen-bond acceptors (Lipinski definition) is 3. The molecule has 25 heavy (non-hydrogen) atoms. The highest BCUT2D eigenvalue weighted by Gasteiger charge is 2.22. The molecule has 1 aromatic carbocycles. The highest BCUT2D eigenvalue weighted by atomic mass is 16.5. The summed E-state index contributed by atoms with van der Waals surface area (Å²) < 4.78 is 5.40. The molecule has 1 heterocycles. The van der Waals surface area contributed by atoms with Gasteiger partial charge in [-0.3, -0.25) is 9.79 Å². The average Bonchev–Trinajstić information content (AvgIpc) is 2.66. The number of nitrogens with zero attached hydrogens (tertiary/aromatic N) is 2. The van der Waals surface area contributed by atoms with Gasteiger partial charge < -0.3 is 20.3 Å². The van der Waals surface area contributed by atoms with Crippen molar-refractivity contribution in [1.82, 2.24) is 15.5 Å². The molecule has 2 rings (SSSR count). The van der Waals surface area contributed by atoms with E-state index in [0.717, 1.165) is 50.6 Å². The van der Waals surface area contributed by atoms with Gasteiger partial charge in [-0.1, -0.05) is 18.2 Å². The second-order valence-electron chi connectivity index (χ2n) is 6.34. The molecule has 1 aliphatic rings. The van der Waals surface area contributed by atoms with Crippen molar-refractivity contribution >= 4 is 11.9 Å². The largest absolute Gasteiger partial charge is 0.496 e. The number of guanidine groups is 1. The molecule has 0 unspecified atom stereocenters. The van der Waals surface area contributed by atoms with Crippen molar-refractivity contribution in [3.63, 3.8) is 0 Å². The fourth-order valence-corrected chi connectivity index (χ4v) is 3.26. The molecule has 0 atom stereocenters. The normalized spacial score (nSPS) is 15.8. The SMILES string of the molecule is CN=C(NCCc1ccccc1OC)N1CCC(CC(=O)NC)CC1. The second-order valence-corrected chi connectivity index (χ2v) is 6.34. The van der Waals surface area contributed by atoms with E-state index in [1.807, 2.05) is 25.2 Å². The molecule has 0 spiro atoms. The molecule has 0 radical (unpaired) electrons. The number of likely N-dealkylation sites (tertiary alicyclic amines) is 1. The topological polar surface area (TPSA) is 66.0 Å². The number of piperidine rings is 1. The molecule has 2 N–H and O–H groups in total. The van der Waals surface area contributed by atoms with E-state index in [4.69, 9.17) is 4.74 Å². The Bertz CT molecular complexity index is 581. The van der Waals surface area contributed by atoms with E-state index in [1.165, 1.54) is 5.56 Å². The number of methoxy groups -OCH3 is 1. The van der Waals surface area contributed by atoms with Crippen LogP contribution >= 0.6 is 0 Å². The maximum absolute atomic E-state index is 11.5. The Hall–Kier alpha value is -2.24. The number of benzene rings is 1. The molecule has 0 bridgehead atoms. The van der Waals surface area contributed by atoms with Gasteiger partial charge in [0.05, 0.1) is 7.11 Å². The number of nitrogens with one attached hydrogen (secondary N) is 2. The van der Waals surface area contributed by atoms with E-state index in [1.54, 1.807) is 14.2 Å². The summed E-state index contributed by atoms with van der Waals surface area (Å²) in [4.78, 5) is 18.2. The van der Waals surface area contributed by atoms with Gasteiger partial charge in [-0.2, -0.15) is 0 Å². The van der Waals surface area contributed by atoms with Crippen LogP contribution in [0.25, 0.3) is 0 Å². The summed E-state index contributed by atoms with van der Waals surface area (Å²) in [5.74, 6) is 2.48. The molecule has 1 saturated heterocycles. The molecular weight excluding hydrogens is 316 g/mol. The van der Waals surface area contributed by atoms with Crippen LogP contribution in [0.5, 0.6) is 5.75 Å². The number of hydrogen-bond donors (Lipinski definition) is 2. The van der Waals surface area contributed by atoms with Crippen molar-refractivity contribution in [1.29, 1.82) is 0 Å². The lowest BCUT2D eigenvalue weighted by Gasteiger charge is -2.34. The number of aliphatic imine (C=N–C) groups is 1. The van der Waals surface area contributed by atoms with Gasteiger partial charge in [-0.15, -0.1) is 0 Å². The van der Waals surface area contributed by atoms with Crippen molar-refractivity contribution in [2.75, 3.05) is 40.8 Å². The van der Waals surface area contributed by atoms with Crippen molar-refractivity contribution in [2.45, 2.75) is 25.7 Å². The van der Waals surface area contributed by atoms with Crippen molar-refractivity contribution in [2.24, 2.45) is 10.9 Å². The summed E-state index contributed by atoms with van der Waals surface area (Å²) in [6.07, 6.45) is 3.57. The van der Waals surface area contributed by atoms with Crippen LogP contribution in [0.3, 0.4) is 0 Å². The van der Waals surface area contributed by atoms with Gasteiger partial charge in [-0.25, -0.2) is 0 Å². The van der Waals surface area contributed by atoms with Crippen LogP contribution in [0.2, 0.25) is 0 Å². The zero-order valence-electron chi connectivity index (χ0n) is 15.5. The van der Waals surface area contributed by atoms with Crippen LogP contribution < -0.4 is 15.4 Å². The molecule has 6 nitrogen and oxygen atoms in total. The minimum absolute atomic E-state index is 0.137. The first-order chi connectivity index (χ1) is 12.2. The monoisotopic (exact) mass is 346 g/mol. The van der Waals surface area contributed by atoms with Crippen molar-refractivity contribution < 1.29 is 9.53 Å². The number of carbonyl (C=O) groups is 1. The molecule has 6 heteroatoms. The van der Waals surface area contributed by atoms with Gasteiger partial charge in [0.2, 0.25) is 5.91 Å². The molecular formula is C19H30N4O2. The first-order valence-electron chi connectivity index (χ1n) is 8.96. The average molecular weight is 346 g/mol. The number of carbonyl (C=O) groups excluding carboxylic acids is 1. The first kappa shape index (κ1) is 19.1. The summed E-state index contributed by atoms with van der Waals surface area (Å²) in [7, 11) is 5.22. The number of para-hydroxylation sites is 1. The third kappa shape index (κ3) is 5.66. The van der Waals surface area contributed by atoms with Crippen LogP contribution in [-0.4, -0.2) is 57.6 Å². The Morgan fingerprint density at radius 2 is 2.04 bits per heavy atom. The van der Waals surface area contributed by atoms with Gasteiger partial charge in [0.25, 0.3) is 0 Å². The maximum atomic E-state index is 11.5. The molecule has 1 aromatic rings. The minimum atomic E-state index is 0.137. The van der Waals surface area contributed by atoms with E-state index in [2.05, 4.69) is 26.6 Å². The Morgan fingerprint density at radius 3 is 2.68 bits per heavy atom. The molecule has 1 fully saturated rings. The van der Waals surface area contributed by atoms with Gasteiger partial charge in [0.1, 0.15) is 5.75 Å². The number of ether oxygens (including phenoxy) is 1. The van der Waals surface area contributed by atoms with Gasteiger partial charge in [0, 0.05) is 40.2 Å². The van der Waals surface area contributed by atoms with E-state index >= 15 is 0 Å². The van der Waals surface area contributed by atoms with E-state index in [0.29, 0.717) is 12.3 Å². The van der Waals surface area contributed by atoms with Crippen LogP contribution in [0, 0.1) is 5.92 Å². The summed E-state index contributed by atoms with van der Waals surface area (Å²) in [6.45, 7) is 2.69.